The first-order valence-corrected chi connectivity index (χ1v) is 10.4. The summed E-state index contributed by atoms with van der Waals surface area (Å²) in [5.74, 6) is 1.83. The van der Waals surface area contributed by atoms with Crippen LogP contribution >= 0.6 is 0 Å². The number of likely N-dealkylation sites (N-methyl/N-ethyl adjacent to an activating group) is 1. The number of benzene rings is 2. The van der Waals surface area contributed by atoms with E-state index in [1.54, 1.807) is 14.2 Å². The van der Waals surface area contributed by atoms with Gasteiger partial charge in [0.05, 0.1) is 40.9 Å². The fourth-order valence-corrected chi connectivity index (χ4v) is 4.07. The molecule has 0 N–H and O–H groups in total. The van der Waals surface area contributed by atoms with Crippen molar-refractivity contribution in [2.24, 2.45) is 0 Å². The number of hydrogen-bond donors (Lipinski definition) is 0. The van der Waals surface area contributed by atoms with E-state index in [0.29, 0.717) is 0 Å². The molecule has 0 radical (unpaired) electrons. The van der Waals surface area contributed by atoms with Crippen LogP contribution in [-0.2, 0) is 13.1 Å². The highest BCUT2D eigenvalue weighted by molar-refractivity contribution is 5.28. The largest absolute Gasteiger partial charge is 0.497 e. The number of methoxy groups -OCH3 is 2. The van der Waals surface area contributed by atoms with Crippen LogP contribution in [0.3, 0.4) is 0 Å². The second-order valence-corrected chi connectivity index (χ2v) is 8.26. The lowest BCUT2D eigenvalue weighted by molar-refractivity contribution is -0.913. The Labute approximate surface area is 170 Å². The monoisotopic (exact) mass is 383 g/mol. The molecule has 4 heteroatoms. The minimum atomic E-state index is 0.914. The van der Waals surface area contributed by atoms with Crippen molar-refractivity contribution < 1.29 is 14.0 Å². The first-order chi connectivity index (χ1) is 13.6. The van der Waals surface area contributed by atoms with Gasteiger partial charge in [0.2, 0.25) is 0 Å². The summed E-state index contributed by atoms with van der Waals surface area (Å²) in [5.41, 5.74) is 2.66. The number of ether oxygens (including phenoxy) is 2. The molecule has 1 saturated heterocycles. The third-order valence-corrected chi connectivity index (χ3v) is 5.98. The van der Waals surface area contributed by atoms with E-state index in [1.807, 2.05) is 0 Å². The van der Waals surface area contributed by atoms with Crippen molar-refractivity contribution in [3.63, 3.8) is 0 Å². The Morgan fingerprint density at radius 3 is 1.64 bits per heavy atom. The van der Waals surface area contributed by atoms with Gasteiger partial charge in [-0.25, -0.2) is 0 Å². The standard InChI is InChI=1S/C24H35N2O2/c1-26(16-5-4-6-17-26)18-15-25(19-21-7-11-23(27-2)12-8-21)20-22-9-13-24(28-3)14-10-22/h7-14H,4-6,15-20H2,1-3H3/q+1. The Bertz CT molecular complexity index is 657. The van der Waals surface area contributed by atoms with Gasteiger partial charge >= 0.3 is 0 Å². The molecule has 1 fully saturated rings. The molecule has 1 aliphatic heterocycles. The number of quaternary nitrogens is 1. The highest BCUT2D eigenvalue weighted by Crippen LogP contribution is 2.19. The molecule has 0 spiro atoms. The second-order valence-electron chi connectivity index (χ2n) is 8.26. The fraction of sp³-hybridized carbons (Fsp3) is 0.500. The number of piperidine rings is 1. The predicted molar refractivity (Wildman–Crippen MR) is 115 cm³/mol. The van der Waals surface area contributed by atoms with Crippen molar-refractivity contribution in [1.82, 2.24) is 4.90 Å². The minimum Gasteiger partial charge on any atom is -0.497 e. The van der Waals surface area contributed by atoms with E-state index in [4.69, 9.17) is 9.47 Å². The van der Waals surface area contributed by atoms with Crippen LogP contribution < -0.4 is 9.47 Å². The maximum Gasteiger partial charge on any atom is 0.118 e. The molecule has 1 heterocycles. The Balaban J connectivity index is 1.67. The van der Waals surface area contributed by atoms with Crippen LogP contribution in [0.15, 0.2) is 48.5 Å². The van der Waals surface area contributed by atoms with E-state index in [-0.39, 0.29) is 0 Å². The van der Waals surface area contributed by atoms with Crippen molar-refractivity contribution in [3.8, 4) is 11.5 Å². The van der Waals surface area contributed by atoms with Gasteiger partial charge in [0.1, 0.15) is 11.5 Å². The first-order valence-electron chi connectivity index (χ1n) is 10.4. The zero-order chi connectivity index (χ0) is 19.8. The van der Waals surface area contributed by atoms with Crippen LogP contribution in [0, 0.1) is 0 Å². The van der Waals surface area contributed by atoms with Crippen LogP contribution in [-0.4, -0.2) is 56.8 Å². The summed E-state index contributed by atoms with van der Waals surface area (Å²) in [6.07, 6.45) is 4.14. The number of rotatable bonds is 9. The van der Waals surface area contributed by atoms with Gasteiger partial charge in [0.15, 0.2) is 0 Å². The van der Waals surface area contributed by atoms with Gasteiger partial charge in [0, 0.05) is 19.6 Å². The third kappa shape index (κ3) is 5.98. The van der Waals surface area contributed by atoms with E-state index in [1.165, 1.54) is 54.5 Å². The lowest BCUT2D eigenvalue weighted by atomic mass is 10.1. The summed E-state index contributed by atoms with van der Waals surface area (Å²) in [6, 6.07) is 16.9. The number of likely N-dealkylation sites (tertiary alicyclic amines) is 1. The van der Waals surface area contributed by atoms with Crippen molar-refractivity contribution in [3.05, 3.63) is 59.7 Å². The topological polar surface area (TPSA) is 21.7 Å². The van der Waals surface area contributed by atoms with Gasteiger partial charge in [-0.3, -0.25) is 4.90 Å². The maximum absolute atomic E-state index is 5.30. The molecule has 0 saturated carbocycles. The van der Waals surface area contributed by atoms with E-state index in [2.05, 4.69) is 60.5 Å². The zero-order valence-electron chi connectivity index (χ0n) is 17.7. The molecule has 3 rings (SSSR count). The van der Waals surface area contributed by atoms with E-state index in [9.17, 15) is 0 Å². The maximum atomic E-state index is 5.30. The van der Waals surface area contributed by atoms with Gasteiger partial charge in [-0.1, -0.05) is 24.3 Å². The highest BCUT2D eigenvalue weighted by Gasteiger charge is 2.25. The fourth-order valence-electron chi connectivity index (χ4n) is 4.07. The smallest absolute Gasteiger partial charge is 0.118 e. The molecule has 2 aromatic rings. The molecule has 2 aromatic carbocycles. The lowest BCUT2D eigenvalue weighted by Gasteiger charge is -2.39. The molecule has 0 unspecified atom stereocenters. The molecule has 0 aromatic heterocycles. The van der Waals surface area contributed by atoms with Gasteiger partial charge < -0.3 is 14.0 Å². The van der Waals surface area contributed by atoms with Crippen LogP contribution in [0.25, 0.3) is 0 Å². The normalized spacial score (nSPS) is 16.1. The van der Waals surface area contributed by atoms with Crippen LogP contribution in [0.1, 0.15) is 30.4 Å². The molecule has 4 nitrogen and oxygen atoms in total. The van der Waals surface area contributed by atoms with E-state index >= 15 is 0 Å². The summed E-state index contributed by atoms with van der Waals surface area (Å²) in [4.78, 5) is 2.57. The molecule has 0 atom stereocenters. The molecular weight excluding hydrogens is 348 g/mol. The van der Waals surface area contributed by atoms with Gasteiger partial charge in [-0.2, -0.15) is 0 Å². The summed E-state index contributed by atoms with van der Waals surface area (Å²) >= 11 is 0. The quantitative estimate of drug-likeness (QED) is 0.602. The molecule has 0 aliphatic carbocycles. The average molecular weight is 384 g/mol. The van der Waals surface area contributed by atoms with Gasteiger partial charge in [0.25, 0.3) is 0 Å². The van der Waals surface area contributed by atoms with E-state index < -0.39 is 0 Å². The van der Waals surface area contributed by atoms with Crippen LogP contribution in [0.2, 0.25) is 0 Å². The van der Waals surface area contributed by atoms with Crippen LogP contribution in [0.5, 0.6) is 11.5 Å². The Hall–Kier alpha value is -2.04. The third-order valence-electron chi connectivity index (χ3n) is 5.98. The van der Waals surface area contributed by atoms with E-state index in [0.717, 1.165) is 31.1 Å². The molecular formula is C24H35N2O2+. The first kappa shape index (κ1) is 20.7. The molecule has 1 aliphatic rings. The molecule has 152 valence electrons. The molecule has 28 heavy (non-hydrogen) atoms. The Morgan fingerprint density at radius 2 is 1.21 bits per heavy atom. The SMILES string of the molecule is COc1ccc(CN(CC[N+]2(C)CCCCC2)Cc2ccc(OC)cc2)cc1. The van der Waals surface area contributed by atoms with Crippen molar-refractivity contribution >= 4 is 0 Å². The lowest BCUT2D eigenvalue weighted by Crippen LogP contribution is -2.51. The summed E-state index contributed by atoms with van der Waals surface area (Å²) in [7, 11) is 5.86. The van der Waals surface area contributed by atoms with Crippen molar-refractivity contribution in [2.75, 3.05) is 47.4 Å². The Morgan fingerprint density at radius 1 is 0.750 bits per heavy atom. The highest BCUT2D eigenvalue weighted by atomic mass is 16.5. The summed E-state index contributed by atoms with van der Waals surface area (Å²) in [6.45, 7) is 6.87. The number of nitrogens with zero attached hydrogens (tertiary/aromatic N) is 2. The summed E-state index contributed by atoms with van der Waals surface area (Å²) in [5, 5.41) is 0. The van der Waals surface area contributed by atoms with Gasteiger partial charge in [-0.15, -0.1) is 0 Å². The van der Waals surface area contributed by atoms with Crippen LogP contribution in [0.4, 0.5) is 0 Å². The van der Waals surface area contributed by atoms with Gasteiger partial charge in [-0.05, 0) is 54.7 Å². The second kappa shape index (κ2) is 9.94. The predicted octanol–water partition coefficient (Wildman–Crippen LogP) is 4.34. The number of hydrogen-bond acceptors (Lipinski definition) is 3. The Kier molecular flexibility index (Phi) is 7.35. The summed E-state index contributed by atoms with van der Waals surface area (Å²) < 4.78 is 11.8. The molecule has 0 bridgehead atoms. The van der Waals surface area contributed by atoms with Crippen molar-refractivity contribution in [2.45, 2.75) is 32.4 Å². The minimum absolute atomic E-state index is 0.914. The molecule has 0 amide bonds. The van der Waals surface area contributed by atoms with Crippen molar-refractivity contribution in [1.29, 1.82) is 0 Å². The zero-order valence-corrected chi connectivity index (χ0v) is 17.7. The average Bonchev–Trinajstić information content (AvgIpc) is 2.74.